The lowest BCUT2D eigenvalue weighted by molar-refractivity contribution is 0.0725. The zero-order chi connectivity index (χ0) is 22.0. The van der Waals surface area contributed by atoms with Crippen molar-refractivity contribution in [3.05, 3.63) is 52.6 Å². The van der Waals surface area contributed by atoms with Crippen molar-refractivity contribution in [1.29, 1.82) is 0 Å². The number of hydrogen-bond donors (Lipinski definition) is 1. The van der Waals surface area contributed by atoms with Gasteiger partial charge in [-0.3, -0.25) is 14.2 Å². The lowest BCUT2D eigenvalue weighted by atomic mass is 10.0. The number of aromatic nitrogens is 2. The molecule has 1 fully saturated rings. The summed E-state index contributed by atoms with van der Waals surface area (Å²) >= 11 is 0. The van der Waals surface area contributed by atoms with Crippen LogP contribution in [-0.2, 0) is 0 Å². The van der Waals surface area contributed by atoms with Crippen LogP contribution < -0.4 is 20.3 Å². The number of piperidine rings is 1. The summed E-state index contributed by atoms with van der Waals surface area (Å²) in [6.07, 6.45) is 6.31. The van der Waals surface area contributed by atoms with Crippen molar-refractivity contribution < 1.29 is 14.3 Å². The number of pyridine rings is 2. The van der Waals surface area contributed by atoms with E-state index in [1.54, 1.807) is 43.7 Å². The highest BCUT2D eigenvalue weighted by Gasteiger charge is 2.24. The lowest BCUT2D eigenvalue weighted by Crippen LogP contribution is -2.36. The Labute approximate surface area is 180 Å². The minimum Gasteiger partial charge on any atom is -0.493 e. The molecule has 1 aromatic carbocycles. The third-order valence-corrected chi connectivity index (χ3v) is 5.68. The predicted molar refractivity (Wildman–Crippen MR) is 120 cm³/mol. The number of nitrogens with one attached hydrogen (secondary N) is 1. The predicted octanol–water partition coefficient (Wildman–Crippen LogP) is 3.07. The topological polar surface area (TPSA) is 85.7 Å². The molecule has 0 unspecified atom stereocenters. The third-order valence-electron chi connectivity index (χ3n) is 5.68. The maximum Gasteiger partial charge on any atom is 0.263 e. The molecule has 1 N–H and O–H groups in total. The molecule has 8 nitrogen and oxygen atoms in total. The summed E-state index contributed by atoms with van der Waals surface area (Å²) in [6.45, 7) is 1.43. The largest absolute Gasteiger partial charge is 0.493 e. The molecule has 31 heavy (non-hydrogen) atoms. The number of rotatable bonds is 5. The molecule has 1 aliphatic rings. The minimum absolute atomic E-state index is 0.0922. The van der Waals surface area contributed by atoms with E-state index < -0.39 is 0 Å². The van der Waals surface area contributed by atoms with Crippen LogP contribution in [0.4, 0.5) is 5.82 Å². The Bertz CT molecular complexity index is 1160. The molecular weight excluding hydrogens is 396 g/mol. The standard InChI is InChI=1S/C23H26N4O4/c1-24-21-8-7-15(13-25-21)27-14-18(22(28)26-9-5-4-6-10-26)16-11-19(30-2)20(31-3)12-17(16)23(27)29/h7-8,11-14H,4-6,9-10H2,1-3H3,(H,24,25). The number of carbonyl (C=O) groups is 1. The van der Waals surface area contributed by atoms with Crippen molar-refractivity contribution in [3.63, 3.8) is 0 Å². The van der Waals surface area contributed by atoms with Gasteiger partial charge in [0.2, 0.25) is 0 Å². The summed E-state index contributed by atoms with van der Waals surface area (Å²) in [5.74, 6) is 1.50. The van der Waals surface area contributed by atoms with E-state index in [2.05, 4.69) is 10.3 Å². The van der Waals surface area contributed by atoms with Gasteiger partial charge in [-0.25, -0.2) is 4.98 Å². The van der Waals surface area contributed by atoms with Gasteiger partial charge in [-0.15, -0.1) is 0 Å². The molecule has 1 aliphatic heterocycles. The van der Waals surface area contributed by atoms with Gasteiger partial charge in [-0.05, 0) is 43.5 Å². The molecule has 0 radical (unpaired) electrons. The van der Waals surface area contributed by atoms with E-state index in [9.17, 15) is 9.59 Å². The number of likely N-dealkylation sites (tertiary alicyclic amines) is 1. The molecule has 0 saturated carbocycles. The van der Waals surface area contributed by atoms with Gasteiger partial charge in [0, 0.05) is 31.7 Å². The summed E-state index contributed by atoms with van der Waals surface area (Å²) in [5.41, 5.74) is 0.772. The number of nitrogens with zero attached hydrogens (tertiary/aromatic N) is 3. The number of anilines is 1. The van der Waals surface area contributed by atoms with Crippen molar-refractivity contribution in [2.45, 2.75) is 19.3 Å². The van der Waals surface area contributed by atoms with Gasteiger partial charge in [0.15, 0.2) is 11.5 Å². The van der Waals surface area contributed by atoms with Crippen LogP contribution in [0.15, 0.2) is 41.5 Å². The second-order valence-electron chi connectivity index (χ2n) is 7.48. The Kier molecular flexibility index (Phi) is 5.79. The summed E-state index contributed by atoms with van der Waals surface area (Å²) in [7, 11) is 4.83. The van der Waals surface area contributed by atoms with Crippen molar-refractivity contribution in [1.82, 2.24) is 14.5 Å². The molecule has 0 atom stereocenters. The summed E-state index contributed by atoms with van der Waals surface area (Å²) in [4.78, 5) is 33.0. The molecular formula is C23H26N4O4. The number of amides is 1. The minimum atomic E-state index is -0.259. The first-order chi connectivity index (χ1) is 15.1. The van der Waals surface area contributed by atoms with Crippen molar-refractivity contribution >= 4 is 22.5 Å². The first-order valence-electron chi connectivity index (χ1n) is 10.3. The SMILES string of the molecule is CNc1ccc(-n2cc(C(=O)N3CCCCC3)c3cc(OC)c(OC)cc3c2=O)cn1. The number of carbonyl (C=O) groups excluding carboxylic acids is 1. The van der Waals surface area contributed by atoms with Gasteiger partial charge < -0.3 is 19.7 Å². The van der Waals surface area contributed by atoms with Crippen molar-refractivity contribution in [2.75, 3.05) is 39.7 Å². The Balaban J connectivity index is 1.96. The normalized spacial score (nSPS) is 13.8. The number of benzene rings is 1. The van der Waals surface area contributed by atoms with Gasteiger partial charge in [0.05, 0.1) is 37.1 Å². The van der Waals surface area contributed by atoms with Crippen LogP contribution in [0.25, 0.3) is 16.5 Å². The van der Waals surface area contributed by atoms with Crippen LogP contribution in [0, 0.1) is 0 Å². The van der Waals surface area contributed by atoms with Crippen LogP contribution in [-0.4, -0.2) is 54.7 Å². The fourth-order valence-corrected chi connectivity index (χ4v) is 3.97. The number of hydrogen-bond acceptors (Lipinski definition) is 6. The monoisotopic (exact) mass is 422 g/mol. The van der Waals surface area contributed by atoms with Crippen LogP contribution in [0.5, 0.6) is 11.5 Å². The second-order valence-corrected chi connectivity index (χ2v) is 7.48. The first-order valence-corrected chi connectivity index (χ1v) is 10.3. The highest BCUT2D eigenvalue weighted by Crippen LogP contribution is 2.33. The average Bonchev–Trinajstić information content (AvgIpc) is 2.83. The van der Waals surface area contributed by atoms with Gasteiger partial charge >= 0.3 is 0 Å². The highest BCUT2D eigenvalue weighted by atomic mass is 16.5. The van der Waals surface area contributed by atoms with Gasteiger partial charge in [-0.2, -0.15) is 0 Å². The van der Waals surface area contributed by atoms with E-state index in [-0.39, 0.29) is 11.5 Å². The van der Waals surface area contributed by atoms with Crippen molar-refractivity contribution in [2.24, 2.45) is 0 Å². The number of methoxy groups -OCH3 is 2. The fourth-order valence-electron chi connectivity index (χ4n) is 3.97. The van der Waals surface area contributed by atoms with Gasteiger partial charge in [0.1, 0.15) is 5.82 Å². The van der Waals surface area contributed by atoms with Crippen LogP contribution in [0.2, 0.25) is 0 Å². The Morgan fingerprint density at radius 2 is 1.71 bits per heavy atom. The summed E-state index contributed by atoms with van der Waals surface area (Å²) in [5, 5.41) is 3.90. The van der Waals surface area contributed by atoms with Crippen molar-refractivity contribution in [3.8, 4) is 17.2 Å². The third kappa shape index (κ3) is 3.81. The Morgan fingerprint density at radius 3 is 2.29 bits per heavy atom. The molecule has 1 amide bonds. The molecule has 1 saturated heterocycles. The quantitative estimate of drug-likeness (QED) is 0.680. The summed E-state index contributed by atoms with van der Waals surface area (Å²) < 4.78 is 12.3. The van der Waals surface area contributed by atoms with E-state index in [1.807, 2.05) is 4.90 Å². The maximum atomic E-state index is 13.5. The first kappa shape index (κ1) is 20.7. The van der Waals surface area contributed by atoms with Crippen LogP contribution >= 0.6 is 0 Å². The molecule has 3 heterocycles. The highest BCUT2D eigenvalue weighted by molar-refractivity contribution is 6.07. The molecule has 0 spiro atoms. The maximum absolute atomic E-state index is 13.5. The van der Waals surface area contributed by atoms with Crippen LogP contribution in [0.1, 0.15) is 29.6 Å². The molecule has 0 aliphatic carbocycles. The van der Waals surface area contributed by atoms with E-state index in [1.165, 1.54) is 18.8 Å². The smallest absolute Gasteiger partial charge is 0.263 e. The molecule has 2 aromatic heterocycles. The molecule has 162 valence electrons. The van der Waals surface area contributed by atoms with Gasteiger partial charge in [-0.1, -0.05) is 0 Å². The van der Waals surface area contributed by atoms with Crippen LogP contribution in [0.3, 0.4) is 0 Å². The summed E-state index contributed by atoms with van der Waals surface area (Å²) in [6, 6.07) is 6.92. The lowest BCUT2D eigenvalue weighted by Gasteiger charge is -2.27. The fraction of sp³-hybridized carbons (Fsp3) is 0.348. The van der Waals surface area contributed by atoms with E-state index in [0.29, 0.717) is 52.4 Å². The molecule has 8 heteroatoms. The van der Waals surface area contributed by atoms with E-state index in [4.69, 9.17) is 9.47 Å². The second kappa shape index (κ2) is 8.67. The Morgan fingerprint density at radius 1 is 1.03 bits per heavy atom. The Hall–Kier alpha value is -3.55. The van der Waals surface area contributed by atoms with Gasteiger partial charge in [0.25, 0.3) is 11.5 Å². The molecule has 4 rings (SSSR count). The molecule has 0 bridgehead atoms. The number of fused-ring (bicyclic) bond motifs is 1. The average molecular weight is 422 g/mol. The zero-order valence-corrected chi connectivity index (χ0v) is 18.0. The van der Waals surface area contributed by atoms with E-state index in [0.717, 1.165) is 19.3 Å². The van der Waals surface area contributed by atoms with E-state index >= 15 is 0 Å². The zero-order valence-electron chi connectivity index (χ0n) is 18.0. The molecule has 3 aromatic rings. The number of ether oxygens (including phenoxy) is 2.